The molecule has 0 spiro atoms. The van der Waals surface area contributed by atoms with Gasteiger partial charge in [0.15, 0.2) is 0 Å². The highest BCUT2D eigenvalue weighted by Crippen LogP contribution is 2.29. The second kappa shape index (κ2) is 4.80. The molecule has 1 aromatic carbocycles. The van der Waals surface area contributed by atoms with E-state index in [0.717, 1.165) is 5.56 Å². The summed E-state index contributed by atoms with van der Waals surface area (Å²) in [5.41, 5.74) is 0.752. The van der Waals surface area contributed by atoms with Crippen LogP contribution >= 0.6 is 23.2 Å². The SMILES string of the molecule is CC(C)(CN=C=O)c1ccc(Cl)c(Cl)c1. The zero-order valence-corrected chi connectivity index (χ0v) is 10.1. The zero-order chi connectivity index (χ0) is 11.5. The van der Waals surface area contributed by atoms with Crippen LogP contribution in [0.2, 0.25) is 10.0 Å². The topological polar surface area (TPSA) is 29.4 Å². The third-order valence-corrected chi connectivity index (χ3v) is 2.98. The molecule has 0 aliphatic carbocycles. The van der Waals surface area contributed by atoms with Gasteiger partial charge < -0.3 is 0 Å². The lowest BCUT2D eigenvalue weighted by molar-refractivity contribution is 0.526. The molecule has 1 rings (SSSR count). The van der Waals surface area contributed by atoms with Gasteiger partial charge >= 0.3 is 0 Å². The summed E-state index contributed by atoms with van der Waals surface area (Å²) < 4.78 is 0. The number of halogens is 2. The Bertz CT molecular complexity index is 409. The van der Waals surface area contributed by atoms with Crippen LogP contribution in [0.1, 0.15) is 19.4 Å². The van der Waals surface area contributed by atoms with Gasteiger partial charge in [0, 0.05) is 5.41 Å². The van der Waals surface area contributed by atoms with Gasteiger partial charge in [-0.05, 0) is 17.7 Å². The lowest BCUT2D eigenvalue weighted by atomic mass is 9.85. The maximum atomic E-state index is 10.1. The summed E-state index contributed by atoms with van der Waals surface area (Å²) in [6, 6.07) is 5.42. The average molecular weight is 244 g/mol. The fourth-order valence-corrected chi connectivity index (χ4v) is 1.54. The predicted octanol–water partition coefficient (Wildman–Crippen LogP) is 3.61. The molecule has 0 N–H and O–H groups in total. The minimum Gasteiger partial charge on any atom is -0.211 e. The fourth-order valence-electron chi connectivity index (χ4n) is 1.24. The average Bonchev–Trinajstić information content (AvgIpc) is 2.19. The fraction of sp³-hybridized carbons (Fsp3) is 0.364. The van der Waals surface area contributed by atoms with E-state index in [4.69, 9.17) is 23.2 Å². The zero-order valence-electron chi connectivity index (χ0n) is 8.55. The van der Waals surface area contributed by atoms with E-state index >= 15 is 0 Å². The molecule has 0 fully saturated rings. The van der Waals surface area contributed by atoms with E-state index in [0.29, 0.717) is 16.6 Å². The van der Waals surface area contributed by atoms with Crippen molar-refractivity contribution in [2.24, 2.45) is 4.99 Å². The highest BCUT2D eigenvalue weighted by molar-refractivity contribution is 6.42. The lowest BCUT2D eigenvalue weighted by Gasteiger charge is -2.22. The smallest absolute Gasteiger partial charge is 0.211 e. The highest BCUT2D eigenvalue weighted by atomic mass is 35.5. The molecule has 0 saturated heterocycles. The van der Waals surface area contributed by atoms with E-state index in [1.807, 2.05) is 19.9 Å². The normalized spacial score (nSPS) is 10.9. The van der Waals surface area contributed by atoms with Crippen molar-refractivity contribution in [2.75, 3.05) is 6.54 Å². The third-order valence-electron chi connectivity index (χ3n) is 2.24. The first-order valence-corrected chi connectivity index (χ1v) is 5.22. The van der Waals surface area contributed by atoms with E-state index in [2.05, 4.69) is 4.99 Å². The Balaban J connectivity index is 3.04. The van der Waals surface area contributed by atoms with Gasteiger partial charge in [-0.3, -0.25) is 0 Å². The number of nitrogens with zero attached hydrogens (tertiary/aromatic N) is 1. The molecule has 0 bridgehead atoms. The van der Waals surface area contributed by atoms with E-state index in [-0.39, 0.29) is 5.41 Å². The maximum absolute atomic E-state index is 10.1. The Morgan fingerprint density at radius 1 is 1.33 bits per heavy atom. The monoisotopic (exact) mass is 243 g/mol. The molecular formula is C11H11Cl2NO. The molecule has 0 amide bonds. The summed E-state index contributed by atoms with van der Waals surface area (Å²) in [7, 11) is 0. The summed E-state index contributed by atoms with van der Waals surface area (Å²) in [6.45, 7) is 4.34. The number of benzene rings is 1. The molecule has 1 aromatic rings. The number of hydrogen-bond acceptors (Lipinski definition) is 2. The Hall–Kier alpha value is -0.820. The van der Waals surface area contributed by atoms with Crippen molar-refractivity contribution in [1.82, 2.24) is 0 Å². The predicted molar refractivity (Wildman–Crippen MR) is 62.5 cm³/mol. The molecule has 0 aliphatic rings. The van der Waals surface area contributed by atoms with E-state index < -0.39 is 0 Å². The van der Waals surface area contributed by atoms with Gasteiger partial charge in [0.05, 0.1) is 16.6 Å². The van der Waals surface area contributed by atoms with Gasteiger partial charge in [0.1, 0.15) is 0 Å². The quantitative estimate of drug-likeness (QED) is 0.590. The molecule has 80 valence electrons. The van der Waals surface area contributed by atoms with Crippen molar-refractivity contribution in [2.45, 2.75) is 19.3 Å². The first-order chi connectivity index (χ1) is 6.97. The van der Waals surface area contributed by atoms with E-state index in [1.54, 1.807) is 12.1 Å². The molecule has 0 aromatic heterocycles. The summed E-state index contributed by atoms with van der Waals surface area (Å²) in [4.78, 5) is 13.7. The Kier molecular flexibility index (Phi) is 3.92. The van der Waals surface area contributed by atoms with Gasteiger partial charge in [0.25, 0.3) is 0 Å². The van der Waals surface area contributed by atoms with Crippen LogP contribution in [0, 0.1) is 0 Å². The molecule has 0 saturated carbocycles. The molecule has 0 unspecified atom stereocenters. The number of rotatable bonds is 3. The molecule has 0 heterocycles. The van der Waals surface area contributed by atoms with Crippen LogP contribution in [0.15, 0.2) is 23.2 Å². The summed E-state index contributed by atoms with van der Waals surface area (Å²) in [5.74, 6) is 0. The Morgan fingerprint density at radius 3 is 2.53 bits per heavy atom. The molecular weight excluding hydrogens is 233 g/mol. The first kappa shape index (κ1) is 12.3. The van der Waals surface area contributed by atoms with Gasteiger partial charge in [-0.2, -0.15) is 0 Å². The second-order valence-corrected chi connectivity index (χ2v) is 4.73. The van der Waals surface area contributed by atoms with Crippen molar-refractivity contribution in [3.8, 4) is 0 Å². The standard InChI is InChI=1S/C11H11Cl2NO/c1-11(2,6-14-7-15)8-3-4-9(12)10(13)5-8/h3-5H,6H2,1-2H3. The van der Waals surface area contributed by atoms with Crippen molar-refractivity contribution in [1.29, 1.82) is 0 Å². The van der Waals surface area contributed by atoms with Crippen LogP contribution in [0.5, 0.6) is 0 Å². The molecule has 0 atom stereocenters. The van der Waals surface area contributed by atoms with Crippen molar-refractivity contribution in [3.05, 3.63) is 33.8 Å². The van der Waals surface area contributed by atoms with Gasteiger partial charge in [-0.1, -0.05) is 43.1 Å². The van der Waals surface area contributed by atoms with E-state index in [1.165, 1.54) is 6.08 Å². The molecule has 0 radical (unpaired) electrons. The Morgan fingerprint density at radius 2 is 2.00 bits per heavy atom. The van der Waals surface area contributed by atoms with Crippen LogP contribution in [0.25, 0.3) is 0 Å². The minimum absolute atomic E-state index is 0.244. The summed E-state index contributed by atoms with van der Waals surface area (Å²) >= 11 is 11.7. The number of carbonyl (C=O) groups excluding carboxylic acids is 1. The minimum atomic E-state index is -0.244. The van der Waals surface area contributed by atoms with Crippen molar-refractivity contribution >= 4 is 29.3 Å². The van der Waals surface area contributed by atoms with Crippen molar-refractivity contribution < 1.29 is 4.79 Å². The lowest BCUT2D eigenvalue weighted by Crippen LogP contribution is -2.21. The number of hydrogen-bond donors (Lipinski definition) is 0. The van der Waals surface area contributed by atoms with Gasteiger partial charge in [-0.15, -0.1) is 0 Å². The molecule has 4 heteroatoms. The molecule has 0 aliphatic heterocycles. The Labute approximate surface area is 98.9 Å². The van der Waals surface area contributed by atoms with Crippen LogP contribution < -0.4 is 0 Å². The van der Waals surface area contributed by atoms with Crippen LogP contribution in [0.3, 0.4) is 0 Å². The third kappa shape index (κ3) is 3.07. The maximum Gasteiger partial charge on any atom is 0.234 e. The van der Waals surface area contributed by atoms with Crippen molar-refractivity contribution in [3.63, 3.8) is 0 Å². The second-order valence-electron chi connectivity index (χ2n) is 3.92. The summed E-state index contributed by atoms with van der Waals surface area (Å²) in [6.07, 6.45) is 1.54. The summed E-state index contributed by atoms with van der Waals surface area (Å²) in [5, 5.41) is 1.03. The molecule has 15 heavy (non-hydrogen) atoms. The van der Waals surface area contributed by atoms with Gasteiger partial charge in [0.2, 0.25) is 6.08 Å². The van der Waals surface area contributed by atoms with Gasteiger partial charge in [-0.25, -0.2) is 9.79 Å². The van der Waals surface area contributed by atoms with E-state index in [9.17, 15) is 4.79 Å². The van der Waals surface area contributed by atoms with Crippen LogP contribution in [0.4, 0.5) is 0 Å². The van der Waals surface area contributed by atoms with Crippen LogP contribution in [-0.2, 0) is 10.2 Å². The number of aliphatic imine (C=N–C) groups is 1. The molecule has 2 nitrogen and oxygen atoms in total. The van der Waals surface area contributed by atoms with Crippen LogP contribution in [-0.4, -0.2) is 12.6 Å². The highest BCUT2D eigenvalue weighted by Gasteiger charge is 2.20. The number of isocyanates is 1. The first-order valence-electron chi connectivity index (χ1n) is 4.46. The largest absolute Gasteiger partial charge is 0.234 e.